The molecule has 11 heteroatoms. The van der Waals surface area contributed by atoms with E-state index in [1.54, 1.807) is 0 Å². The van der Waals surface area contributed by atoms with E-state index in [-0.39, 0.29) is 136 Å². The standard InChI is InChI=1S/2O3P.3Sr/c2*1-4(2)3;;;/q2*-3;3*+2. The Kier molecular flexibility index (Phi) is 65.9. The normalized spacial score (nSPS) is 6.55. The van der Waals surface area contributed by atoms with Gasteiger partial charge in [0.15, 0.2) is 0 Å². The molecule has 11 heavy (non-hydrogen) atoms. The van der Waals surface area contributed by atoms with Gasteiger partial charge >= 0.3 is 136 Å². The third kappa shape index (κ3) is 100. The van der Waals surface area contributed by atoms with Crippen LogP contribution in [0.4, 0.5) is 0 Å². The molecule has 0 bridgehead atoms. The van der Waals surface area contributed by atoms with Gasteiger partial charge in [-0.05, 0) is 0 Å². The Bertz CT molecular complexity index is 31.3. The molecule has 52 valence electrons. The zero-order valence-electron chi connectivity index (χ0n) is 5.47. The molecule has 0 saturated carbocycles. The molecule has 0 radical (unpaired) electrons. The van der Waals surface area contributed by atoms with E-state index in [1.807, 2.05) is 0 Å². The fourth-order valence-electron chi connectivity index (χ4n) is 0. The molecule has 0 atom stereocenters. The van der Waals surface area contributed by atoms with Gasteiger partial charge in [0.1, 0.15) is 0 Å². The average molecular weight is 421 g/mol. The SMILES string of the molecule is [O-]P([O-])[O-].[O-]P([O-])[O-].[Sr+2].[Sr+2].[Sr+2]. The first-order valence-electron chi connectivity index (χ1n) is 1.10. The average Bonchev–Trinajstić information content (AvgIpc) is 1.25. The smallest absolute Gasteiger partial charge is 0.854 e. The van der Waals surface area contributed by atoms with Crippen molar-refractivity contribution >= 4 is 154 Å². The molecule has 6 nitrogen and oxygen atoms in total. The van der Waals surface area contributed by atoms with E-state index in [4.69, 9.17) is 29.4 Å². The molecule has 0 spiro atoms. The van der Waals surface area contributed by atoms with E-state index in [0.717, 1.165) is 0 Å². The van der Waals surface area contributed by atoms with E-state index in [1.165, 1.54) is 0 Å². The fraction of sp³-hybridized carbons (Fsp3) is 0. The first kappa shape index (κ1) is 29.8. The monoisotopic (exact) mass is 422 g/mol. The van der Waals surface area contributed by atoms with Crippen molar-refractivity contribution in [3.8, 4) is 0 Å². The molecule has 0 N–H and O–H groups in total. The second kappa shape index (κ2) is 24.3. The van der Waals surface area contributed by atoms with Crippen LogP contribution in [0.2, 0.25) is 0 Å². The first-order chi connectivity index (χ1) is 3.46. The van der Waals surface area contributed by atoms with Crippen LogP contribution in [0.3, 0.4) is 0 Å². The molecular weight excluding hydrogens is 421 g/mol. The number of hydrogen-bond donors (Lipinski definition) is 0. The third-order valence-electron chi connectivity index (χ3n) is 0. The Hall–Kier alpha value is 5.06. The Morgan fingerprint density at radius 2 is 0.455 bits per heavy atom. The van der Waals surface area contributed by atoms with Gasteiger partial charge < -0.3 is 46.6 Å². The molecule has 0 saturated heterocycles. The van der Waals surface area contributed by atoms with Crippen molar-refractivity contribution in [3.63, 3.8) is 0 Å². The quantitative estimate of drug-likeness (QED) is 0.282. The first-order valence-corrected chi connectivity index (χ1v) is 3.29. The maximum absolute atomic E-state index is 8.48. The molecule has 0 aliphatic rings. The summed E-state index contributed by atoms with van der Waals surface area (Å²) in [5.41, 5.74) is 0. The minimum absolute atomic E-state index is 0. The van der Waals surface area contributed by atoms with Crippen LogP contribution in [-0.2, 0) is 0 Å². The Balaban J connectivity index is -0.0000000171. The van der Waals surface area contributed by atoms with Gasteiger partial charge in [-0.25, -0.2) is 0 Å². The Labute approximate surface area is 178 Å². The van der Waals surface area contributed by atoms with Gasteiger partial charge in [0, 0.05) is 0 Å². The molecule has 0 rings (SSSR count). The van der Waals surface area contributed by atoms with Crippen LogP contribution in [0.25, 0.3) is 0 Å². The van der Waals surface area contributed by atoms with E-state index < -0.39 is 17.2 Å². The van der Waals surface area contributed by atoms with Crippen molar-refractivity contribution < 1.29 is 29.4 Å². The van der Waals surface area contributed by atoms with E-state index >= 15 is 0 Å². The molecule has 0 aliphatic carbocycles. The van der Waals surface area contributed by atoms with Gasteiger partial charge in [0.05, 0.1) is 0 Å². The largest absolute Gasteiger partial charge is 2.00 e. The van der Waals surface area contributed by atoms with Gasteiger partial charge in [-0.3, -0.25) is 0 Å². The zero-order valence-corrected chi connectivity index (χ0v) is 17.7. The van der Waals surface area contributed by atoms with Crippen molar-refractivity contribution in [2.75, 3.05) is 0 Å². The maximum atomic E-state index is 8.48. The molecule has 0 aliphatic heterocycles. The topological polar surface area (TPSA) is 138 Å². The van der Waals surface area contributed by atoms with Gasteiger partial charge in [-0.15, -0.1) is 0 Å². The summed E-state index contributed by atoms with van der Waals surface area (Å²) in [6.07, 6.45) is 0. The minimum atomic E-state index is -3.37. The van der Waals surface area contributed by atoms with Gasteiger partial charge in [0.25, 0.3) is 0 Å². The van der Waals surface area contributed by atoms with Gasteiger partial charge in [-0.2, -0.15) is 0 Å². The molecule has 0 aromatic heterocycles. The second-order valence-corrected chi connectivity index (χ2v) is 1.34. The van der Waals surface area contributed by atoms with Gasteiger partial charge in [-0.1, -0.05) is 0 Å². The maximum Gasteiger partial charge on any atom is 2.00 e. The van der Waals surface area contributed by atoms with Crippen LogP contribution >= 0.6 is 17.2 Å². The van der Waals surface area contributed by atoms with Crippen molar-refractivity contribution in [2.45, 2.75) is 0 Å². The van der Waals surface area contributed by atoms with Crippen LogP contribution < -0.4 is 29.4 Å². The summed E-state index contributed by atoms with van der Waals surface area (Å²) in [5.74, 6) is 0. The van der Waals surface area contributed by atoms with Gasteiger partial charge in [0.2, 0.25) is 0 Å². The summed E-state index contributed by atoms with van der Waals surface area (Å²) < 4.78 is 0. The number of hydrogen-bond acceptors (Lipinski definition) is 6. The summed E-state index contributed by atoms with van der Waals surface area (Å²) >= 11 is 0. The predicted octanol–water partition coefficient (Wildman–Crippen LogP) is -6.55. The predicted molar refractivity (Wildman–Crippen MR) is 31.1 cm³/mol. The van der Waals surface area contributed by atoms with Crippen LogP contribution in [0.1, 0.15) is 0 Å². The van der Waals surface area contributed by atoms with E-state index in [9.17, 15) is 0 Å². The van der Waals surface area contributed by atoms with Crippen molar-refractivity contribution in [1.82, 2.24) is 0 Å². The molecule has 0 heterocycles. The van der Waals surface area contributed by atoms with Crippen molar-refractivity contribution in [1.29, 1.82) is 0 Å². The summed E-state index contributed by atoms with van der Waals surface area (Å²) in [6, 6.07) is 0. The summed E-state index contributed by atoms with van der Waals surface area (Å²) in [6.45, 7) is 0. The van der Waals surface area contributed by atoms with E-state index in [2.05, 4.69) is 0 Å². The van der Waals surface area contributed by atoms with Crippen LogP contribution in [0.15, 0.2) is 0 Å². The summed E-state index contributed by atoms with van der Waals surface area (Å²) in [5, 5.41) is 0. The summed E-state index contributed by atoms with van der Waals surface area (Å²) in [7, 11) is -6.74. The third-order valence-corrected chi connectivity index (χ3v) is 0. The zero-order chi connectivity index (χ0) is 7.15. The number of rotatable bonds is 0. The molecular formula is O6P2Sr3. The molecule has 0 fully saturated rings. The van der Waals surface area contributed by atoms with Crippen LogP contribution in [-0.4, -0.2) is 136 Å². The summed E-state index contributed by atoms with van der Waals surface area (Å²) in [4.78, 5) is 50.9. The van der Waals surface area contributed by atoms with Crippen LogP contribution in [0, 0.1) is 0 Å². The molecule has 0 amide bonds. The second-order valence-electron chi connectivity index (χ2n) is 0.447. The molecule has 0 aromatic rings. The molecule has 0 unspecified atom stereocenters. The Morgan fingerprint density at radius 1 is 0.455 bits per heavy atom. The minimum Gasteiger partial charge on any atom is -0.854 e. The fourth-order valence-corrected chi connectivity index (χ4v) is 0. The Morgan fingerprint density at radius 3 is 0.455 bits per heavy atom. The van der Waals surface area contributed by atoms with Crippen molar-refractivity contribution in [2.24, 2.45) is 0 Å². The molecule has 0 aromatic carbocycles. The van der Waals surface area contributed by atoms with Crippen LogP contribution in [0.5, 0.6) is 0 Å². The van der Waals surface area contributed by atoms with Crippen molar-refractivity contribution in [3.05, 3.63) is 0 Å². The van der Waals surface area contributed by atoms with E-state index in [0.29, 0.717) is 0 Å².